The van der Waals surface area contributed by atoms with Gasteiger partial charge in [-0.2, -0.15) is 0 Å². The summed E-state index contributed by atoms with van der Waals surface area (Å²) in [6.45, 7) is 2.30. The number of hydrogen-bond acceptors (Lipinski definition) is 0. The average Bonchev–Trinajstić information content (AvgIpc) is 1.95. The number of halogens is 1. The van der Waals surface area contributed by atoms with Gasteiger partial charge in [0.25, 0.3) is 0 Å². The maximum absolute atomic E-state index is 5.66. The normalized spacial score (nSPS) is 34.2. The van der Waals surface area contributed by atoms with E-state index in [2.05, 4.69) is 13.3 Å². The fourth-order valence-corrected chi connectivity index (χ4v) is 1.88. The summed E-state index contributed by atoms with van der Waals surface area (Å²) in [5, 5.41) is 0. The molecule has 1 saturated carbocycles. The van der Waals surface area contributed by atoms with Crippen LogP contribution in [0.2, 0.25) is 0 Å². The van der Waals surface area contributed by atoms with Crippen LogP contribution in [0.25, 0.3) is 0 Å². The van der Waals surface area contributed by atoms with Gasteiger partial charge < -0.3 is 0 Å². The minimum atomic E-state index is 0.840. The van der Waals surface area contributed by atoms with Gasteiger partial charge in [-0.15, -0.1) is 11.6 Å². The van der Waals surface area contributed by atoms with Gasteiger partial charge in [0.2, 0.25) is 0 Å². The van der Waals surface area contributed by atoms with Crippen LogP contribution in [0.15, 0.2) is 0 Å². The Morgan fingerprint density at radius 2 is 2.30 bits per heavy atom. The molecule has 0 N–H and O–H groups in total. The second-order valence-electron chi connectivity index (χ2n) is 3.37. The van der Waals surface area contributed by atoms with Crippen molar-refractivity contribution in [2.45, 2.75) is 32.6 Å². The molecule has 1 aliphatic carbocycles. The Bertz CT molecular complexity index is 82.7. The monoisotopic (exact) mass is 159 g/mol. The zero-order chi connectivity index (χ0) is 7.40. The molecule has 0 nitrogen and oxygen atoms in total. The van der Waals surface area contributed by atoms with E-state index in [0.717, 1.165) is 17.7 Å². The molecule has 0 spiro atoms. The molecule has 0 bridgehead atoms. The van der Waals surface area contributed by atoms with E-state index in [9.17, 15) is 0 Å². The maximum Gasteiger partial charge on any atom is 0.0226 e. The van der Waals surface area contributed by atoms with Gasteiger partial charge in [0.1, 0.15) is 0 Å². The van der Waals surface area contributed by atoms with Crippen molar-refractivity contribution in [3.8, 4) is 0 Å². The van der Waals surface area contributed by atoms with Crippen molar-refractivity contribution in [1.29, 1.82) is 0 Å². The minimum absolute atomic E-state index is 0.840. The van der Waals surface area contributed by atoms with Crippen LogP contribution in [0.5, 0.6) is 0 Å². The molecule has 0 aromatic carbocycles. The Morgan fingerprint density at radius 1 is 1.50 bits per heavy atom. The van der Waals surface area contributed by atoms with Crippen LogP contribution in [-0.2, 0) is 0 Å². The second-order valence-corrected chi connectivity index (χ2v) is 3.75. The molecule has 1 rings (SSSR count). The topological polar surface area (TPSA) is 0 Å². The lowest BCUT2D eigenvalue weighted by atomic mass is 9.82. The summed E-state index contributed by atoms with van der Waals surface area (Å²) in [5.41, 5.74) is 0. The summed E-state index contributed by atoms with van der Waals surface area (Å²) >= 11 is 5.66. The van der Waals surface area contributed by atoms with Crippen LogP contribution in [0.1, 0.15) is 32.6 Å². The summed E-state index contributed by atoms with van der Waals surface area (Å²) in [5.74, 6) is 2.59. The third-order valence-electron chi connectivity index (χ3n) is 2.42. The maximum atomic E-state index is 5.66. The lowest BCUT2D eigenvalue weighted by molar-refractivity contribution is 0.350. The Kier molecular flexibility index (Phi) is 3.55. The Hall–Kier alpha value is 0.290. The van der Waals surface area contributed by atoms with Crippen LogP contribution >= 0.6 is 11.6 Å². The smallest absolute Gasteiger partial charge is 0.0226 e. The highest BCUT2D eigenvalue weighted by molar-refractivity contribution is 6.17. The van der Waals surface area contributed by atoms with Gasteiger partial charge >= 0.3 is 0 Å². The van der Waals surface area contributed by atoms with E-state index in [1.807, 2.05) is 0 Å². The van der Waals surface area contributed by atoms with Crippen molar-refractivity contribution in [3.05, 3.63) is 6.42 Å². The highest BCUT2D eigenvalue weighted by Crippen LogP contribution is 2.29. The minimum Gasteiger partial charge on any atom is -0.127 e. The number of rotatable bonds is 2. The first-order valence-electron chi connectivity index (χ1n) is 4.22. The van der Waals surface area contributed by atoms with Gasteiger partial charge in [0, 0.05) is 5.88 Å². The fraction of sp³-hybridized carbons (Fsp3) is 0.889. The zero-order valence-corrected chi connectivity index (χ0v) is 7.40. The first-order chi connectivity index (χ1) is 4.83. The molecular weight excluding hydrogens is 144 g/mol. The van der Waals surface area contributed by atoms with E-state index in [0.29, 0.717) is 0 Å². The Balaban J connectivity index is 2.13. The van der Waals surface area contributed by atoms with E-state index in [4.69, 9.17) is 11.6 Å². The summed E-state index contributed by atoms with van der Waals surface area (Å²) in [7, 11) is 0. The van der Waals surface area contributed by atoms with Gasteiger partial charge in [0.15, 0.2) is 0 Å². The van der Waals surface area contributed by atoms with Crippen molar-refractivity contribution in [1.82, 2.24) is 0 Å². The molecule has 1 heteroatoms. The van der Waals surface area contributed by atoms with Crippen LogP contribution in [0, 0.1) is 18.3 Å². The van der Waals surface area contributed by atoms with Gasteiger partial charge in [-0.05, 0) is 31.1 Å². The average molecular weight is 160 g/mol. The van der Waals surface area contributed by atoms with Crippen LogP contribution < -0.4 is 0 Å². The molecule has 0 amide bonds. The van der Waals surface area contributed by atoms with Crippen LogP contribution in [-0.4, -0.2) is 5.88 Å². The first kappa shape index (κ1) is 8.39. The highest BCUT2D eigenvalue weighted by atomic mass is 35.5. The first-order valence-corrected chi connectivity index (χ1v) is 4.75. The van der Waals surface area contributed by atoms with Gasteiger partial charge in [0.05, 0.1) is 0 Å². The van der Waals surface area contributed by atoms with Crippen molar-refractivity contribution < 1.29 is 0 Å². The van der Waals surface area contributed by atoms with Crippen LogP contribution in [0.3, 0.4) is 0 Å². The molecule has 2 unspecified atom stereocenters. The zero-order valence-electron chi connectivity index (χ0n) is 6.65. The van der Waals surface area contributed by atoms with E-state index < -0.39 is 0 Å². The molecular formula is C9H16Cl. The molecule has 59 valence electrons. The molecule has 0 saturated heterocycles. The van der Waals surface area contributed by atoms with E-state index in [-0.39, 0.29) is 0 Å². The van der Waals surface area contributed by atoms with Crippen molar-refractivity contribution >= 4 is 11.6 Å². The molecule has 1 fully saturated rings. The quantitative estimate of drug-likeness (QED) is 0.543. The summed E-state index contributed by atoms with van der Waals surface area (Å²) in [6, 6.07) is 0. The predicted octanol–water partition coefficient (Wildman–Crippen LogP) is 3.26. The van der Waals surface area contributed by atoms with Gasteiger partial charge in [-0.1, -0.05) is 19.8 Å². The molecule has 2 atom stereocenters. The van der Waals surface area contributed by atoms with Crippen molar-refractivity contribution in [3.63, 3.8) is 0 Å². The van der Waals surface area contributed by atoms with Crippen molar-refractivity contribution in [2.75, 3.05) is 5.88 Å². The third kappa shape index (κ3) is 2.49. The lowest BCUT2D eigenvalue weighted by Crippen LogP contribution is -2.13. The predicted molar refractivity (Wildman–Crippen MR) is 46.1 cm³/mol. The van der Waals surface area contributed by atoms with Gasteiger partial charge in [-0.25, -0.2) is 0 Å². The number of hydrogen-bond donors (Lipinski definition) is 0. The van der Waals surface area contributed by atoms with Gasteiger partial charge in [-0.3, -0.25) is 0 Å². The van der Waals surface area contributed by atoms with E-state index in [1.165, 1.54) is 25.7 Å². The molecule has 0 aromatic heterocycles. The summed E-state index contributed by atoms with van der Waals surface area (Å²) in [4.78, 5) is 0. The molecule has 0 aromatic rings. The molecule has 10 heavy (non-hydrogen) atoms. The summed E-state index contributed by atoms with van der Waals surface area (Å²) in [6.07, 6.45) is 7.73. The highest BCUT2D eigenvalue weighted by Gasteiger charge is 2.17. The Labute approximate surface area is 69.0 Å². The second kappa shape index (κ2) is 4.23. The Morgan fingerprint density at radius 3 is 2.80 bits per heavy atom. The standard InChI is InChI=1S/C9H16Cl/c1-8-2-4-9(5-3-8)6-7-10/h2,8-9H,3-7H2,1H3. The molecule has 1 radical (unpaired) electrons. The molecule has 1 aliphatic rings. The fourth-order valence-electron chi connectivity index (χ4n) is 1.58. The van der Waals surface area contributed by atoms with E-state index in [1.54, 1.807) is 0 Å². The van der Waals surface area contributed by atoms with Crippen LogP contribution in [0.4, 0.5) is 0 Å². The SMILES string of the molecule is CC1[CH]CC(CCCl)CC1. The van der Waals surface area contributed by atoms with Crippen molar-refractivity contribution in [2.24, 2.45) is 11.8 Å². The lowest BCUT2D eigenvalue weighted by Gasteiger charge is -2.24. The number of alkyl halides is 1. The largest absolute Gasteiger partial charge is 0.127 e. The third-order valence-corrected chi connectivity index (χ3v) is 2.64. The molecule has 0 heterocycles. The molecule has 0 aliphatic heterocycles. The van der Waals surface area contributed by atoms with E-state index >= 15 is 0 Å². The summed E-state index contributed by atoms with van der Waals surface area (Å²) < 4.78 is 0.